The Balaban J connectivity index is 0.899. The Bertz CT molecular complexity index is 2200. The normalized spacial score (nSPS) is 19.1. The van der Waals surface area contributed by atoms with Gasteiger partial charge in [-0.3, -0.25) is 14.6 Å². The van der Waals surface area contributed by atoms with Gasteiger partial charge in [0.15, 0.2) is 0 Å². The highest BCUT2D eigenvalue weighted by atomic mass is 35.5. The number of anilines is 2. The lowest BCUT2D eigenvalue weighted by Gasteiger charge is -2.41. The van der Waals surface area contributed by atoms with Crippen molar-refractivity contribution in [3.8, 4) is 0 Å². The molecule has 0 bridgehead atoms. The maximum absolute atomic E-state index is 13.4. The zero-order valence-electron chi connectivity index (χ0n) is 39.1. The summed E-state index contributed by atoms with van der Waals surface area (Å²) in [4.78, 5) is 34.7. The molecule has 3 aliphatic rings. The van der Waals surface area contributed by atoms with Gasteiger partial charge in [-0.1, -0.05) is 66.6 Å². The molecule has 0 aromatic heterocycles. The van der Waals surface area contributed by atoms with Gasteiger partial charge in [-0.25, -0.2) is 4.79 Å². The summed E-state index contributed by atoms with van der Waals surface area (Å²) in [5, 5.41) is 10.8. The van der Waals surface area contributed by atoms with E-state index in [1.54, 1.807) is 0 Å². The molecule has 2 aliphatic heterocycles. The summed E-state index contributed by atoms with van der Waals surface area (Å²) < 4.78 is 11.1. The topological polar surface area (TPSA) is 98.4 Å². The zero-order valence-corrected chi connectivity index (χ0v) is 40.7. The molecule has 2 atom stereocenters. The lowest BCUT2D eigenvalue weighted by atomic mass is 9.71. The number of benzene rings is 4. The maximum Gasteiger partial charge on any atom is 0.407 e. The van der Waals surface area contributed by atoms with Crippen LogP contribution in [0.5, 0.6) is 0 Å². The first-order valence-electron chi connectivity index (χ1n) is 23.4. The van der Waals surface area contributed by atoms with Crippen molar-refractivity contribution >= 4 is 52.3 Å². The molecule has 2 fully saturated rings. The SMILES string of the molecule is Cc1cc(CNC(=O)c2ccc(N3CCN(CC4=C(c5ccc(Cl)cc5)CCC(C)(CNC(=O)OC(C)(C)C)C4)CC3)cc2)ccc1N[C@H](CCN1CCOCC1)CSc1ccccc1. The number of ether oxygens (including phenoxy) is 2. The van der Waals surface area contributed by atoms with Crippen molar-refractivity contribution in [2.45, 2.75) is 83.4 Å². The van der Waals surface area contributed by atoms with Gasteiger partial charge in [0.25, 0.3) is 5.91 Å². The number of hydrogen-bond acceptors (Lipinski definition) is 9. The molecular weight excluding hydrogens is 852 g/mol. The average Bonchev–Trinajstić information content (AvgIpc) is 3.30. The van der Waals surface area contributed by atoms with Crippen LogP contribution in [-0.4, -0.2) is 111 Å². The summed E-state index contributed by atoms with van der Waals surface area (Å²) in [6.45, 7) is 20.3. The van der Waals surface area contributed by atoms with Gasteiger partial charge in [0.1, 0.15) is 5.60 Å². The molecule has 2 saturated heterocycles. The van der Waals surface area contributed by atoms with Crippen LogP contribution >= 0.6 is 23.4 Å². The maximum atomic E-state index is 13.4. The van der Waals surface area contributed by atoms with Gasteiger partial charge in [0, 0.05) is 104 Å². The molecule has 4 aromatic carbocycles. The summed E-state index contributed by atoms with van der Waals surface area (Å²) >= 11 is 8.18. The standard InChI is InChI=1S/C53H69ClN6O4S/c1-39-33-40(11-20-49(39)57-45(22-24-58-29-31-63-32-30-58)37-65-47-9-7-6-8-10-47)35-55-50(61)42-14-18-46(19-15-42)60-27-25-59(26-28-60)36-43-34-53(5,38-56-51(62)64-52(2,3)4)23-21-48(43)41-12-16-44(54)17-13-41/h6-20,33,45,57H,21-32,34-38H2,1-5H3,(H,55,61)(H,56,62)/t45-,53?/m1/s1. The molecule has 0 radical (unpaired) electrons. The molecule has 10 nitrogen and oxygen atoms in total. The lowest BCUT2D eigenvalue weighted by molar-refractivity contribution is 0.0370. The molecule has 348 valence electrons. The number of halogens is 1. The molecule has 1 unspecified atom stereocenters. The molecule has 0 spiro atoms. The van der Waals surface area contributed by atoms with E-state index in [0.717, 1.165) is 119 Å². The Hall–Kier alpha value is -4.52. The van der Waals surface area contributed by atoms with E-state index in [0.29, 0.717) is 24.7 Å². The Morgan fingerprint density at radius 1 is 0.877 bits per heavy atom. The molecule has 4 aromatic rings. The van der Waals surface area contributed by atoms with Gasteiger partial charge in [-0.15, -0.1) is 11.8 Å². The molecule has 2 amide bonds. The number of nitrogens with zero attached hydrogens (tertiary/aromatic N) is 3. The fraction of sp³-hybridized carbons (Fsp3) is 0.472. The Kier molecular flexibility index (Phi) is 17.0. The van der Waals surface area contributed by atoms with Gasteiger partial charge in [0.05, 0.1) is 13.2 Å². The minimum absolute atomic E-state index is 0.0748. The van der Waals surface area contributed by atoms with Crippen LogP contribution in [0.15, 0.2) is 108 Å². The van der Waals surface area contributed by atoms with Crippen molar-refractivity contribution in [3.63, 3.8) is 0 Å². The van der Waals surface area contributed by atoms with E-state index in [9.17, 15) is 9.59 Å². The number of morpholine rings is 1. The van der Waals surface area contributed by atoms with Gasteiger partial charge >= 0.3 is 6.09 Å². The predicted octanol–water partition coefficient (Wildman–Crippen LogP) is 10.2. The van der Waals surface area contributed by atoms with E-state index in [2.05, 4.69) is 117 Å². The smallest absolute Gasteiger partial charge is 0.407 e. The number of hydrogen-bond donors (Lipinski definition) is 3. The number of amides is 2. The van der Waals surface area contributed by atoms with Crippen molar-refractivity contribution in [2.24, 2.45) is 5.41 Å². The van der Waals surface area contributed by atoms with Gasteiger partial charge in [0.2, 0.25) is 0 Å². The van der Waals surface area contributed by atoms with Crippen molar-refractivity contribution in [3.05, 3.63) is 130 Å². The minimum Gasteiger partial charge on any atom is -0.444 e. The predicted molar refractivity (Wildman–Crippen MR) is 268 cm³/mol. The number of nitrogens with one attached hydrogen (secondary N) is 3. The summed E-state index contributed by atoms with van der Waals surface area (Å²) in [5.74, 6) is 0.901. The second-order valence-electron chi connectivity index (χ2n) is 19.3. The van der Waals surface area contributed by atoms with Gasteiger partial charge in [-0.05, 0) is 136 Å². The first kappa shape index (κ1) is 48.4. The number of thioether (sulfide) groups is 1. The third-order valence-corrected chi connectivity index (χ3v) is 14.2. The highest BCUT2D eigenvalue weighted by Crippen LogP contribution is 2.43. The van der Waals surface area contributed by atoms with Crippen molar-refractivity contribution in [1.29, 1.82) is 0 Å². The van der Waals surface area contributed by atoms with E-state index in [-0.39, 0.29) is 17.4 Å². The monoisotopic (exact) mass is 920 g/mol. The highest BCUT2D eigenvalue weighted by molar-refractivity contribution is 7.99. The van der Waals surface area contributed by atoms with E-state index >= 15 is 0 Å². The number of piperazine rings is 1. The molecular formula is C53H69ClN6O4S. The zero-order chi connectivity index (χ0) is 45.8. The quantitative estimate of drug-likeness (QED) is 0.0895. The lowest BCUT2D eigenvalue weighted by Crippen LogP contribution is -2.47. The number of alkyl carbamates (subject to hydrolysis) is 1. The highest BCUT2D eigenvalue weighted by Gasteiger charge is 2.34. The van der Waals surface area contributed by atoms with Gasteiger partial charge in [-0.2, -0.15) is 0 Å². The van der Waals surface area contributed by atoms with E-state index < -0.39 is 5.60 Å². The summed E-state index contributed by atoms with van der Waals surface area (Å²) in [6.07, 6.45) is 3.51. The molecule has 3 N–H and O–H groups in total. The average molecular weight is 922 g/mol. The fourth-order valence-electron chi connectivity index (χ4n) is 9.05. The van der Waals surface area contributed by atoms with E-state index in [1.807, 2.05) is 56.8 Å². The largest absolute Gasteiger partial charge is 0.444 e. The Morgan fingerprint density at radius 3 is 2.29 bits per heavy atom. The van der Waals surface area contributed by atoms with E-state index in [1.165, 1.54) is 27.2 Å². The third kappa shape index (κ3) is 14.7. The Labute approximate surface area is 396 Å². The number of carbonyl (C=O) groups is 2. The summed E-state index contributed by atoms with van der Waals surface area (Å²) in [6, 6.07) is 33.6. The molecule has 12 heteroatoms. The molecule has 1 aliphatic carbocycles. The second kappa shape index (κ2) is 22.8. The third-order valence-electron chi connectivity index (χ3n) is 12.8. The van der Waals surface area contributed by atoms with Crippen LogP contribution in [0.4, 0.5) is 16.2 Å². The van der Waals surface area contributed by atoms with Crippen LogP contribution in [0.2, 0.25) is 5.02 Å². The molecule has 7 rings (SSSR count). The van der Waals surface area contributed by atoms with Crippen LogP contribution in [0.25, 0.3) is 5.57 Å². The van der Waals surface area contributed by atoms with Crippen LogP contribution in [-0.2, 0) is 16.0 Å². The van der Waals surface area contributed by atoms with Crippen molar-refractivity contribution in [2.75, 3.05) is 88.1 Å². The minimum atomic E-state index is -0.535. The van der Waals surface area contributed by atoms with Gasteiger partial charge < -0.3 is 30.3 Å². The van der Waals surface area contributed by atoms with Crippen molar-refractivity contribution < 1.29 is 19.1 Å². The van der Waals surface area contributed by atoms with Crippen LogP contribution in [0.3, 0.4) is 0 Å². The molecule has 65 heavy (non-hydrogen) atoms. The summed E-state index contributed by atoms with van der Waals surface area (Å²) in [7, 11) is 0. The number of aryl methyl sites for hydroxylation is 1. The molecule has 2 heterocycles. The van der Waals surface area contributed by atoms with Crippen LogP contribution in [0, 0.1) is 12.3 Å². The fourth-order valence-corrected chi connectivity index (χ4v) is 10.2. The number of allylic oxidation sites excluding steroid dienone is 1. The Morgan fingerprint density at radius 2 is 1.60 bits per heavy atom. The molecule has 0 saturated carbocycles. The summed E-state index contributed by atoms with van der Waals surface area (Å²) in [5.41, 5.74) is 8.61. The second-order valence-corrected chi connectivity index (χ2v) is 20.8. The van der Waals surface area contributed by atoms with Crippen LogP contribution in [0.1, 0.15) is 80.4 Å². The first-order valence-corrected chi connectivity index (χ1v) is 24.8. The first-order chi connectivity index (χ1) is 31.3. The van der Waals surface area contributed by atoms with Crippen molar-refractivity contribution in [1.82, 2.24) is 20.4 Å². The number of carbonyl (C=O) groups excluding carboxylic acids is 2. The number of rotatable bonds is 17. The van der Waals surface area contributed by atoms with E-state index in [4.69, 9.17) is 21.1 Å². The van der Waals surface area contributed by atoms with Crippen LogP contribution < -0.4 is 20.9 Å².